The third-order valence-corrected chi connectivity index (χ3v) is 1.83. The van der Waals surface area contributed by atoms with E-state index in [1.165, 1.54) is 6.92 Å². The Balaban J connectivity index is 2.63. The summed E-state index contributed by atoms with van der Waals surface area (Å²) in [4.78, 5) is 0. The third-order valence-electron chi connectivity index (χ3n) is 1.83. The van der Waals surface area contributed by atoms with Crippen molar-refractivity contribution in [2.24, 2.45) is 0 Å². The van der Waals surface area contributed by atoms with Gasteiger partial charge < -0.3 is 25.2 Å². The van der Waals surface area contributed by atoms with E-state index in [1.807, 2.05) is 0 Å². The van der Waals surface area contributed by atoms with Crippen molar-refractivity contribution in [3.05, 3.63) is 0 Å². The fourth-order valence-electron chi connectivity index (χ4n) is 1.03. The molecule has 0 aromatic rings. The molecule has 1 saturated heterocycles. The maximum absolute atomic E-state index is 9.09. The zero-order valence-electron chi connectivity index (χ0n) is 6.08. The van der Waals surface area contributed by atoms with Gasteiger partial charge in [0.05, 0.1) is 6.10 Å². The van der Waals surface area contributed by atoms with Crippen LogP contribution in [0, 0.1) is 0 Å². The maximum atomic E-state index is 9.09. The largest absolute Gasteiger partial charge is 0.388 e. The van der Waals surface area contributed by atoms with Crippen LogP contribution in [-0.2, 0) is 4.74 Å². The summed E-state index contributed by atoms with van der Waals surface area (Å²) >= 11 is 0. The van der Waals surface area contributed by atoms with E-state index < -0.39 is 30.7 Å². The van der Waals surface area contributed by atoms with Crippen molar-refractivity contribution in [2.75, 3.05) is 0 Å². The normalized spacial score (nSPS) is 52.6. The van der Waals surface area contributed by atoms with E-state index in [0.717, 1.165) is 0 Å². The monoisotopic (exact) mass is 164 g/mol. The Hall–Kier alpha value is -0.200. The summed E-state index contributed by atoms with van der Waals surface area (Å²) in [6.45, 7) is 1.50. The van der Waals surface area contributed by atoms with E-state index in [4.69, 9.17) is 20.4 Å². The molecule has 2 unspecified atom stereocenters. The summed E-state index contributed by atoms with van der Waals surface area (Å²) in [7, 11) is 0. The number of aliphatic hydroxyl groups excluding tert-OH is 4. The molecule has 1 heterocycles. The van der Waals surface area contributed by atoms with E-state index in [9.17, 15) is 0 Å². The second-order valence-corrected chi connectivity index (χ2v) is 2.70. The van der Waals surface area contributed by atoms with Crippen molar-refractivity contribution in [3.63, 3.8) is 0 Å². The van der Waals surface area contributed by atoms with Crippen LogP contribution in [0.4, 0.5) is 0 Å². The highest BCUT2D eigenvalue weighted by atomic mass is 16.6. The van der Waals surface area contributed by atoms with Crippen LogP contribution < -0.4 is 0 Å². The molecule has 0 amide bonds. The Kier molecular flexibility index (Phi) is 2.46. The van der Waals surface area contributed by atoms with Crippen molar-refractivity contribution in [3.8, 4) is 0 Å². The van der Waals surface area contributed by atoms with Crippen LogP contribution in [0.3, 0.4) is 0 Å². The summed E-state index contributed by atoms with van der Waals surface area (Å²) in [6, 6.07) is 0. The van der Waals surface area contributed by atoms with Crippen LogP contribution in [0.15, 0.2) is 0 Å². The minimum absolute atomic E-state index is 0.664. The Bertz CT molecular complexity index is 125. The molecule has 1 aliphatic rings. The lowest BCUT2D eigenvalue weighted by Crippen LogP contribution is -2.56. The maximum Gasteiger partial charge on any atom is 0.183 e. The summed E-state index contributed by atoms with van der Waals surface area (Å²) < 4.78 is 4.68. The number of aliphatic hydroxyl groups is 4. The molecule has 11 heavy (non-hydrogen) atoms. The van der Waals surface area contributed by atoms with Gasteiger partial charge in [0.15, 0.2) is 6.29 Å². The van der Waals surface area contributed by atoms with Crippen molar-refractivity contribution in [1.29, 1.82) is 0 Å². The van der Waals surface area contributed by atoms with Gasteiger partial charge in [-0.25, -0.2) is 0 Å². The minimum atomic E-state index is -1.43. The zero-order chi connectivity index (χ0) is 8.59. The molecule has 1 rings (SSSR count). The van der Waals surface area contributed by atoms with E-state index >= 15 is 0 Å². The lowest BCUT2D eigenvalue weighted by atomic mass is 10.0. The smallest absolute Gasteiger partial charge is 0.183 e. The van der Waals surface area contributed by atoms with E-state index in [2.05, 4.69) is 4.74 Å². The molecule has 1 aliphatic heterocycles. The molecule has 1 fully saturated rings. The van der Waals surface area contributed by atoms with Gasteiger partial charge in [0.25, 0.3) is 0 Å². The highest BCUT2D eigenvalue weighted by Gasteiger charge is 2.40. The molecule has 0 spiro atoms. The number of hydrogen-bond acceptors (Lipinski definition) is 5. The van der Waals surface area contributed by atoms with Gasteiger partial charge in [-0.3, -0.25) is 0 Å². The van der Waals surface area contributed by atoms with Crippen molar-refractivity contribution < 1.29 is 25.2 Å². The van der Waals surface area contributed by atoms with Gasteiger partial charge in [0.2, 0.25) is 0 Å². The van der Waals surface area contributed by atoms with Crippen LogP contribution in [0.5, 0.6) is 0 Å². The van der Waals surface area contributed by atoms with Crippen LogP contribution >= 0.6 is 0 Å². The predicted molar refractivity (Wildman–Crippen MR) is 34.6 cm³/mol. The van der Waals surface area contributed by atoms with Crippen LogP contribution in [0.1, 0.15) is 6.92 Å². The molecule has 5 nitrogen and oxygen atoms in total. The number of rotatable bonds is 0. The van der Waals surface area contributed by atoms with Gasteiger partial charge in [0.1, 0.15) is 18.3 Å². The second-order valence-electron chi connectivity index (χ2n) is 2.70. The predicted octanol–water partition coefficient (Wildman–Crippen LogP) is -2.19. The van der Waals surface area contributed by atoms with Crippen molar-refractivity contribution in [1.82, 2.24) is 0 Å². The molecule has 4 N–H and O–H groups in total. The summed E-state index contributed by atoms with van der Waals surface area (Å²) in [6.07, 6.45) is -5.99. The average Bonchev–Trinajstić information content (AvgIpc) is 1.97. The lowest BCUT2D eigenvalue weighted by molar-refractivity contribution is -0.277. The first-order valence-corrected chi connectivity index (χ1v) is 3.41. The lowest BCUT2D eigenvalue weighted by Gasteiger charge is -2.36. The van der Waals surface area contributed by atoms with Gasteiger partial charge in [-0.05, 0) is 6.92 Å². The second kappa shape index (κ2) is 3.04. The van der Waals surface area contributed by atoms with Crippen LogP contribution in [0.25, 0.3) is 0 Å². The molecule has 0 aliphatic carbocycles. The van der Waals surface area contributed by atoms with E-state index in [1.54, 1.807) is 0 Å². The van der Waals surface area contributed by atoms with Gasteiger partial charge in [-0.15, -0.1) is 0 Å². The zero-order valence-corrected chi connectivity index (χ0v) is 6.08. The fourth-order valence-corrected chi connectivity index (χ4v) is 1.03. The first kappa shape index (κ1) is 8.89. The van der Waals surface area contributed by atoms with Crippen LogP contribution in [0.2, 0.25) is 0 Å². The fraction of sp³-hybridized carbons (Fsp3) is 1.00. The Morgan fingerprint density at radius 3 is 2.00 bits per heavy atom. The molecule has 0 saturated carbocycles. The minimum Gasteiger partial charge on any atom is -0.388 e. The van der Waals surface area contributed by atoms with E-state index in [-0.39, 0.29) is 0 Å². The molecule has 5 heteroatoms. The van der Waals surface area contributed by atoms with E-state index in [0.29, 0.717) is 0 Å². The first-order valence-electron chi connectivity index (χ1n) is 3.41. The quantitative estimate of drug-likeness (QED) is 0.326. The summed E-state index contributed by atoms with van der Waals surface area (Å²) in [5, 5.41) is 36.0. The van der Waals surface area contributed by atoms with Gasteiger partial charge >= 0.3 is 0 Å². The highest BCUT2D eigenvalue weighted by molar-refractivity contribution is 4.86. The van der Waals surface area contributed by atoms with Gasteiger partial charge in [-0.1, -0.05) is 0 Å². The van der Waals surface area contributed by atoms with Gasteiger partial charge in [-0.2, -0.15) is 0 Å². The molecule has 5 atom stereocenters. The highest BCUT2D eigenvalue weighted by Crippen LogP contribution is 2.18. The molecule has 0 aromatic carbocycles. The SMILES string of the molecule is C[C@@H]1OC(O)[C@H](O)[C@@H](O)C1O. The van der Waals surface area contributed by atoms with Crippen LogP contribution in [-0.4, -0.2) is 51.1 Å². The molecular weight excluding hydrogens is 152 g/mol. The average molecular weight is 164 g/mol. The topological polar surface area (TPSA) is 90.2 Å². The Morgan fingerprint density at radius 1 is 0.909 bits per heavy atom. The first-order chi connectivity index (χ1) is 5.04. The molecule has 0 radical (unpaired) electrons. The molecule has 0 aromatic heterocycles. The number of ether oxygens (including phenoxy) is 1. The Morgan fingerprint density at radius 2 is 1.45 bits per heavy atom. The summed E-state index contributed by atoms with van der Waals surface area (Å²) in [5.41, 5.74) is 0. The summed E-state index contributed by atoms with van der Waals surface area (Å²) in [5.74, 6) is 0. The molecular formula is C6H12O5. The Labute approximate surface area is 63.8 Å². The number of hydrogen-bond donors (Lipinski definition) is 4. The van der Waals surface area contributed by atoms with Gasteiger partial charge in [0, 0.05) is 0 Å². The molecule has 66 valence electrons. The van der Waals surface area contributed by atoms with Crippen molar-refractivity contribution in [2.45, 2.75) is 37.6 Å². The molecule has 0 bridgehead atoms. The standard InChI is InChI=1S/C6H12O5/c1-2-3(7)4(8)5(9)6(10)11-2/h2-10H,1H3/t2-,3?,4-,5+,6?/m0/s1. The third kappa shape index (κ3) is 1.52. The van der Waals surface area contributed by atoms with Crippen molar-refractivity contribution >= 4 is 0 Å².